The summed E-state index contributed by atoms with van der Waals surface area (Å²) in [5, 5.41) is 3.44. The number of hydrogen-bond donors (Lipinski definition) is 1. The molecule has 5 nitrogen and oxygen atoms in total. The quantitative estimate of drug-likeness (QED) is 0.738. The lowest BCUT2D eigenvalue weighted by Crippen LogP contribution is -2.21. The second-order valence-electron chi connectivity index (χ2n) is 4.27. The van der Waals surface area contributed by atoms with Crippen LogP contribution < -0.4 is 10.9 Å². The van der Waals surface area contributed by atoms with Gasteiger partial charge in [0.05, 0.1) is 5.02 Å². The van der Waals surface area contributed by atoms with Crippen molar-refractivity contribution in [2.75, 3.05) is 5.32 Å². The van der Waals surface area contributed by atoms with E-state index in [9.17, 15) is 9.59 Å². The highest BCUT2D eigenvalue weighted by Gasteiger charge is 2.15. The highest BCUT2D eigenvalue weighted by atomic mass is 35.5. The van der Waals surface area contributed by atoms with Gasteiger partial charge in [0, 0.05) is 11.6 Å². The molecule has 0 spiro atoms. The molecule has 0 fully saturated rings. The fourth-order valence-corrected chi connectivity index (χ4v) is 2.04. The highest BCUT2D eigenvalue weighted by molar-refractivity contribution is 6.33. The fourth-order valence-electron chi connectivity index (χ4n) is 1.87. The third-order valence-corrected chi connectivity index (χ3v) is 3.18. The molecule has 2 aromatic heterocycles. The van der Waals surface area contributed by atoms with E-state index in [0.29, 0.717) is 11.0 Å². The van der Waals surface area contributed by atoms with Gasteiger partial charge in [-0.2, -0.15) is 0 Å². The summed E-state index contributed by atoms with van der Waals surface area (Å²) >= 11 is 5.91. The smallest absolute Gasteiger partial charge is 0.349 e. The molecular formula is C15H9ClN2O3. The minimum absolute atomic E-state index is 0.101. The minimum Gasteiger partial charge on any atom is -0.422 e. The van der Waals surface area contributed by atoms with Crippen molar-refractivity contribution in [2.45, 2.75) is 0 Å². The van der Waals surface area contributed by atoms with Crippen molar-refractivity contribution >= 4 is 34.3 Å². The number of benzene rings is 1. The van der Waals surface area contributed by atoms with Gasteiger partial charge in [0.2, 0.25) is 0 Å². The molecule has 0 aliphatic carbocycles. The number of rotatable bonds is 2. The van der Waals surface area contributed by atoms with Gasteiger partial charge in [-0.05, 0) is 24.3 Å². The van der Waals surface area contributed by atoms with Crippen molar-refractivity contribution in [1.82, 2.24) is 4.98 Å². The molecule has 3 aromatic rings. The zero-order chi connectivity index (χ0) is 14.8. The molecule has 0 unspecified atom stereocenters. The van der Waals surface area contributed by atoms with E-state index >= 15 is 0 Å². The van der Waals surface area contributed by atoms with E-state index < -0.39 is 11.5 Å². The lowest BCUT2D eigenvalue weighted by Gasteiger charge is -2.05. The number of amides is 1. The molecule has 0 aliphatic heterocycles. The SMILES string of the molecule is O=C(Nc1ncccc1Cl)c1cc2ccccc2oc1=O. The van der Waals surface area contributed by atoms with Crippen LogP contribution in [-0.2, 0) is 0 Å². The predicted molar refractivity (Wildman–Crippen MR) is 79.7 cm³/mol. The number of nitrogens with one attached hydrogen (secondary N) is 1. The van der Waals surface area contributed by atoms with Crippen LogP contribution in [0.25, 0.3) is 11.0 Å². The Morgan fingerprint density at radius 2 is 2.00 bits per heavy atom. The molecule has 104 valence electrons. The zero-order valence-corrected chi connectivity index (χ0v) is 11.4. The van der Waals surface area contributed by atoms with E-state index in [2.05, 4.69) is 10.3 Å². The molecule has 0 aliphatic rings. The first-order valence-corrected chi connectivity index (χ1v) is 6.48. The second kappa shape index (κ2) is 5.38. The molecule has 1 N–H and O–H groups in total. The summed E-state index contributed by atoms with van der Waals surface area (Å²) in [5.41, 5.74) is -0.386. The van der Waals surface area contributed by atoms with Crippen LogP contribution in [0.3, 0.4) is 0 Å². The number of halogens is 1. The maximum absolute atomic E-state index is 12.2. The molecule has 6 heteroatoms. The topological polar surface area (TPSA) is 72.2 Å². The third kappa shape index (κ3) is 2.64. The lowest BCUT2D eigenvalue weighted by molar-refractivity contribution is 0.102. The summed E-state index contributed by atoms with van der Waals surface area (Å²) in [6.45, 7) is 0. The summed E-state index contributed by atoms with van der Waals surface area (Å²) in [7, 11) is 0. The third-order valence-electron chi connectivity index (χ3n) is 2.88. The van der Waals surface area contributed by atoms with Crippen LogP contribution >= 0.6 is 11.6 Å². The number of carbonyl (C=O) groups is 1. The van der Waals surface area contributed by atoms with Crippen LogP contribution in [0.15, 0.2) is 57.9 Å². The van der Waals surface area contributed by atoms with Gasteiger partial charge in [-0.15, -0.1) is 0 Å². The summed E-state index contributed by atoms with van der Waals surface area (Å²) in [6.07, 6.45) is 1.49. The van der Waals surface area contributed by atoms with Crippen molar-refractivity contribution in [3.63, 3.8) is 0 Å². The van der Waals surface area contributed by atoms with E-state index in [-0.39, 0.29) is 16.4 Å². The Hall–Kier alpha value is -2.66. The van der Waals surface area contributed by atoms with Gasteiger partial charge < -0.3 is 9.73 Å². The predicted octanol–water partition coefficient (Wildman–Crippen LogP) is 3.09. The maximum atomic E-state index is 12.2. The molecule has 0 saturated carbocycles. The maximum Gasteiger partial charge on any atom is 0.349 e. The molecule has 3 rings (SSSR count). The van der Waals surface area contributed by atoms with Crippen molar-refractivity contribution in [3.8, 4) is 0 Å². The number of nitrogens with zero attached hydrogens (tertiary/aromatic N) is 1. The van der Waals surface area contributed by atoms with Crippen molar-refractivity contribution in [3.05, 3.63) is 69.7 Å². The summed E-state index contributed by atoms with van der Waals surface area (Å²) < 4.78 is 5.11. The first-order valence-electron chi connectivity index (χ1n) is 6.10. The number of anilines is 1. The summed E-state index contributed by atoms with van der Waals surface area (Å²) in [6, 6.07) is 11.7. The van der Waals surface area contributed by atoms with Crippen LogP contribution in [0, 0.1) is 0 Å². The molecular weight excluding hydrogens is 292 g/mol. The van der Waals surface area contributed by atoms with Gasteiger partial charge in [-0.3, -0.25) is 4.79 Å². The van der Waals surface area contributed by atoms with Crippen molar-refractivity contribution < 1.29 is 9.21 Å². The molecule has 2 heterocycles. The monoisotopic (exact) mass is 300 g/mol. The van der Waals surface area contributed by atoms with Gasteiger partial charge in [-0.1, -0.05) is 29.8 Å². The molecule has 0 saturated heterocycles. The highest BCUT2D eigenvalue weighted by Crippen LogP contribution is 2.18. The largest absolute Gasteiger partial charge is 0.422 e. The normalized spacial score (nSPS) is 10.5. The zero-order valence-electron chi connectivity index (χ0n) is 10.7. The minimum atomic E-state index is -0.710. The van der Waals surface area contributed by atoms with Crippen LogP contribution in [0.1, 0.15) is 10.4 Å². The lowest BCUT2D eigenvalue weighted by atomic mass is 10.2. The Balaban J connectivity index is 2.00. The molecule has 0 atom stereocenters. The molecule has 21 heavy (non-hydrogen) atoms. The van der Waals surface area contributed by atoms with Gasteiger partial charge in [0.25, 0.3) is 5.91 Å². The average Bonchev–Trinajstić information content (AvgIpc) is 2.49. The van der Waals surface area contributed by atoms with Crippen LogP contribution in [0.4, 0.5) is 5.82 Å². The number of carbonyl (C=O) groups excluding carboxylic acids is 1. The first kappa shape index (κ1) is 13.3. The molecule has 1 amide bonds. The first-order chi connectivity index (χ1) is 10.1. The summed E-state index contributed by atoms with van der Waals surface area (Å²) in [4.78, 5) is 28.0. The van der Waals surface area contributed by atoms with Crippen LogP contribution in [0.5, 0.6) is 0 Å². The van der Waals surface area contributed by atoms with Gasteiger partial charge in [-0.25, -0.2) is 9.78 Å². The van der Waals surface area contributed by atoms with Gasteiger partial charge >= 0.3 is 5.63 Å². The Morgan fingerprint density at radius 1 is 1.19 bits per heavy atom. The molecule has 0 radical (unpaired) electrons. The molecule has 1 aromatic carbocycles. The van der Waals surface area contributed by atoms with Gasteiger partial charge in [0.1, 0.15) is 11.1 Å². The fraction of sp³-hybridized carbons (Fsp3) is 0. The van der Waals surface area contributed by atoms with E-state index in [1.54, 1.807) is 36.4 Å². The average molecular weight is 301 g/mol. The number of hydrogen-bond acceptors (Lipinski definition) is 4. The van der Waals surface area contributed by atoms with E-state index in [1.807, 2.05) is 0 Å². The van der Waals surface area contributed by atoms with Crippen LogP contribution in [0.2, 0.25) is 5.02 Å². The number of aromatic nitrogens is 1. The second-order valence-corrected chi connectivity index (χ2v) is 4.68. The Labute approximate surface area is 124 Å². The summed E-state index contributed by atoms with van der Waals surface area (Å²) in [5.74, 6) is -0.424. The van der Waals surface area contributed by atoms with E-state index in [0.717, 1.165) is 0 Å². The van der Waals surface area contributed by atoms with Crippen molar-refractivity contribution in [2.24, 2.45) is 0 Å². The van der Waals surface area contributed by atoms with Gasteiger partial charge in [0.15, 0.2) is 5.82 Å². The molecule has 0 bridgehead atoms. The standard InChI is InChI=1S/C15H9ClN2O3/c16-11-5-3-7-17-13(11)18-14(19)10-8-9-4-1-2-6-12(9)21-15(10)20/h1-8H,(H,17,18,19). The Morgan fingerprint density at radius 3 is 2.81 bits per heavy atom. The van der Waals surface area contributed by atoms with Crippen molar-refractivity contribution in [1.29, 1.82) is 0 Å². The Kier molecular flexibility index (Phi) is 3.41. The number of pyridine rings is 1. The van der Waals surface area contributed by atoms with E-state index in [4.69, 9.17) is 16.0 Å². The number of para-hydroxylation sites is 1. The van der Waals surface area contributed by atoms with E-state index in [1.165, 1.54) is 12.3 Å². The van der Waals surface area contributed by atoms with Crippen LogP contribution in [-0.4, -0.2) is 10.9 Å². The Bertz CT molecular complexity index is 889. The number of fused-ring (bicyclic) bond motifs is 1.